The summed E-state index contributed by atoms with van der Waals surface area (Å²) in [5.74, 6) is 1.01. The fraction of sp³-hybridized carbons (Fsp3) is 0.750. The van der Waals surface area contributed by atoms with Crippen LogP contribution in [-0.4, -0.2) is 55.1 Å². The molecule has 0 spiro atoms. The number of aromatic nitrogens is 1. The molecule has 0 atom stereocenters. The van der Waals surface area contributed by atoms with E-state index in [1.165, 1.54) is 4.88 Å². The van der Waals surface area contributed by atoms with Crippen LogP contribution in [0.4, 0.5) is 0 Å². The number of nitrogens with zero attached hydrogens (tertiary/aromatic N) is 3. The molecule has 0 aromatic carbocycles. The first kappa shape index (κ1) is 20.1. The topological polar surface area (TPSA) is 86.7 Å². The number of nitrogens with one attached hydrogen (secondary N) is 2. The molecule has 2 N–H and O–H groups in total. The summed E-state index contributed by atoms with van der Waals surface area (Å²) < 4.78 is 25.9. The second-order valence-electron chi connectivity index (χ2n) is 6.19. The van der Waals surface area contributed by atoms with Crippen molar-refractivity contribution in [2.45, 2.75) is 52.6 Å². The molecule has 0 unspecified atom stereocenters. The summed E-state index contributed by atoms with van der Waals surface area (Å²) in [6.45, 7) is 8.45. The minimum absolute atomic E-state index is 0.239. The van der Waals surface area contributed by atoms with Gasteiger partial charge in [-0.15, -0.1) is 11.3 Å². The molecule has 1 aromatic heterocycles. The Morgan fingerprint density at radius 2 is 2.12 bits per heavy atom. The number of sulfonamides is 1. The van der Waals surface area contributed by atoms with Crippen molar-refractivity contribution in [1.29, 1.82) is 0 Å². The minimum atomic E-state index is -3.09. The number of hydrogen-bond acceptors (Lipinski definition) is 5. The van der Waals surface area contributed by atoms with Crippen molar-refractivity contribution in [2.24, 2.45) is 4.99 Å². The van der Waals surface area contributed by atoms with Crippen LogP contribution in [0.25, 0.3) is 0 Å². The van der Waals surface area contributed by atoms with Gasteiger partial charge < -0.3 is 10.6 Å². The van der Waals surface area contributed by atoms with Crippen molar-refractivity contribution in [2.75, 3.05) is 25.4 Å². The lowest BCUT2D eigenvalue weighted by molar-refractivity contribution is 0.306. The molecule has 1 aliphatic heterocycles. The predicted octanol–water partition coefficient (Wildman–Crippen LogP) is 1.71. The van der Waals surface area contributed by atoms with E-state index < -0.39 is 10.0 Å². The van der Waals surface area contributed by atoms with Gasteiger partial charge in [-0.3, -0.25) is 0 Å². The molecule has 25 heavy (non-hydrogen) atoms. The Balaban J connectivity index is 1.88. The number of guanidine groups is 1. The van der Waals surface area contributed by atoms with E-state index in [4.69, 9.17) is 0 Å². The molecule has 0 saturated carbocycles. The third-order valence-electron chi connectivity index (χ3n) is 4.04. The van der Waals surface area contributed by atoms with E-state index in [1.807, 2.05) is 27.0 Å². The van der Waals surface area contributed by atoms with Gasteiger partial charge in [0.15, 0.2) is 5.96 Å². The van der Waals surface area contributed by atoms with Crippen LogP contribution in [0.2, 0.25) is 0 Å². The molecule has 0 bridgehead atoms. The molecule has 0 amide bonds. The molecule has 0 radical (unpaired) electrons. The zero-order valence-corrected chi connectivity index (χ0v) is 16.9. The second kappa shape index (κ2) is 9.49. The van der Waals surface area contributed by atoms with Crippen LogP contribution in [-0.2, 0) is 16.6 Å². The number of aliphatic imine (C=N–C) groups is 1. The highest BCUT2D eigenvalue weighted by Crippen LogP contribution is 2.15. The van der Waals surface area contributed by atoms with Gasteiger partial charge in [-0.1, -0.05) is 6.92 Å². The molecular weight excluding hydrogens is 358 g/mol. The highest BCUT2D eigenvalue weighted by atomic mass is 32.2. The maximum atomic E-state index is 12.1. The minimum Gasteiger partial charge on any atom is -0.357 e. The van der Waals surface area contributed by atoms with Crippen LogP contribution in [0.1, 0.15) is 43.0 Å². The molecule has 2 rings (SSSR count). The normalized spacial score (nSPS) is 17.6. The molecule has 1 aromatic rings. The second-order valence-corrected chi connectivity index (χ2v) is 9.60. The summed E-state index contributed by atoms with van der Waals surface area (Å²) >= 11 is 1.65. The molecular formula is C16H29N5O2S2. The molecule has 9 heteroatoms. The SMILES string of the molecule is CCCS(=O)(=O)N1CCC(NC(=NCc2ncc(C)s2)NCC)CC1. The van der Waals surface area contributed by atoms with Gasteiger partial charge in [-0.2, -0.15) is 0 Å². The van der Waals surface area contributed by atoms with Crippen LogP contribution >= 0.6 is 11.3 Å². The lowest BCUT2D eigenvalue weighted by atomic mass is 10.1. The Hall–Kier alpha value is -1.19. The van der Waals surface area contributed by atoms with E-state index in [9.17, 15) is 8.42 Å². The summed E-state index contributed by atoms with van der Waals surface area (Å²) in [6, 6.07) is 0.240. The number of hydrogen-bond donors (Lipinski definition) is 2. The van der Waals surface area contributed by atoms with Crippen molar-refractivity contribution in [3.8, 4) is 0 Å². The van der Waals surface area contributed by atoms with E-state index in [-0.39, 0.29) is 11.8 Å². The highest BCUT2D eigenvalue weighted by molar-refractivity contribution is 7.89. The molecule has 2 heterocycles. The van der Waals surface area contributed by atoms with Crippen LogP contribution < -0.4 is 10.6 Å². The molecule has 142 valence electrons. The van der Waals surface area contributed by atoms with Crippen molar-refractivity contribution in [1.82, 2.24) is 19.9 Å². The first-order chi connectivity index (χ1) is 11.9. The van der Waals surface area contributed by atoms with Gasteiger partial charge in [0.2, 0.25) is 10.0 Å². The molecule has 7 nitrogen and oxygen atoms in total. The Labute approximate surface area is 155 Å². The molecule has 1 saturated heterocycles. The third-order valence-corrected chi connectivity index (χ3v) is 7.01. The zero-order chi connectivity index (χ0) is 18.3. The molecule has 0 aliphatic carbocycles. The van der Waals surface area contributed by atoms with Gasteiger partial charge in [0, 0.05) is 36.8 Å². The van der Waals surface area contributed by atoms with Crippen LogP contribution in [0.3, 0.4) is 0 Å². The van der Waals surface area contributed by atoms with E-state index in [0.717, 1.165) is 30.4 Å². The Bertz CT molecular complexity index is 664. The number of thiazole rings is 1. The standard InChI is InChI=1S/C16H29N5O2S2/c1-4-10-25(22,23)21-8-6-14(7-9-21)20-16(17-5-2)19-12-15-18-11-13(3)24-15/h11,14H,4-10,12H2,1-3H3,(H2,17,19,20). The smallest absolute Gasteiger partial charge is 0.214 e. The van der Waals surface area contributed by atoms with Gasteiger partial charge in [0.05, 0.1) is 12.3 Å². The van der Waals surface area contributed by atoms with Gasteiger partial charge in [0.1, 0.15) is 5.01 Å². The monoisotopic (exact) mass is 387 g/mol. The first-order valence-electron chi connectivity index (χ1n) is 8.88. The molecule has 1 aliphatic rings. The summed E-state index contributed by atoms with van der Waals surface area (Å²) in [6.07, 6.45) is 4.11. The number of piperidine rings is 1. The first-order valence-corrected chi connectivity index (χ1v) is 11.3. The highest BCUT2D eigenvalue weighted by Gasteiger charge is 2.27. The summed E-state index contributed by atoms with van der Waals surface area (Å²) in [4.78, 5) is 10.1. The Kier molecular flexibility index (Phi) is 7.64. The number of rotatable bonds is 7. The fourth-order valence-corrected chi connectivity index (χ4v) is 5.05. The van der Waals surface area contributed by atoms with Crippen LogP contribution in [0.15, 0.2) is 11.2 Å². The average Bonchev–Trinajstić information content (AvgIpc) is 2.99. The third kappa shape index (κ3) is 6.23. The van der Waals surface area contributed by atoms with Crippen molar-refractivity contribution in [3.63, 3.8) is 0 Å². The van der Waals surface area contributed by atoms with Crippen molar-refractivity contribution >= 4 is 27.3 Å². The maximum Gasteiger partial charge on any atom is 0.214 e. The predicted molar refractivity (Wildman–Crippen MR) is 103 cm³/mol. The average molecular weight is 388 g/mol. The summed E-state index contributed by atoms with van der Waals surface area (Å²) in [7, 11) is -3.09. The van der Waals surface area contributed by atoms with Gasteiger partial charge in [0.25, 0.3) is 0 Å². The Morgan fingerprint density at radius 3 is 2.68 bits per heavy atom. The number of aryl methyl sites for hydroxylation is 1. The van der Waals surface area contributed by atoms with Gasteiger partial charge in [-0.05, 0) is 33.1 Å². The van der Waals surface area contributed by atoms with Crippen molar-refractivity contribution < 1.29 is 8.42 Å². The lowest BCUT2D eigenvalue weighted by Gasteiger charge is -2.32. The zero-order valence-electron chi connectivity index (χ0n) is 15.3. The Morgan fingerprint density at radius 1 is 1.40 bits per heavy atom. The summed E-state index contributed by atoms with van der Waals surface area (Å²) in [5.41, 5.74) is 0. The largest absolute Gasteiger partial charge is 0.357 e. The van der Waals surface area contributed by atoms with E-state index >= 15 is 0 Å². The fourth-order valence-electron chi connectivity index (χ4n) is 2.80. The van der Waals surface area contributed by atoms with Crippen molar-refractivity contribution in [3.05, 3.63) is 16.1 Å². The quantitative estimate of drug-likeness (QED) is 0.549. The maximum absolute atomic E-state index is 12.1. The van der Waals surface area contributed by atoms with Gasteiger partial charge >= 0.3 is 0 Å². The van der Waals surface area contributed by atoms with Gasteiger partial charge in [-0.25, -0.2) is 22.7 Å². The van der Waals surface area contributed by atoms with Crippen LogP contribution in [0.5, 0.6) is 0 Å². The van der Waals surface area contributed by atoms with E-state index in [1.54, 1.807) is 15.6 Å². The van der Waals surface area contributed by atoms with E-state index in [0.29, 0.717) is 26.1 Å². The lowest BCUT2D eigenvalue weighted by Crippen LogP contribution is -2.50. The molecule has 1 fully saturated rings. The summed E-state index contributed by atoms with van der Waals surface area (Å²) in [5, 5.41) is 7.68. The van der Waals surface area contributed by atoms with E-state index in [2.05, 4.69) is 20.6 Å². The van der Waals surface area contributed by atoms with Crippen LogP contribution in [0, 0.1) is 6.92 Å².